The van der Waals surface area contributed by atoms with Crippen LogP contribution in [0.15, 0.2) is 0 Å². The first kappa shape index (κ1) is 28.5. The Balaban J connectivity index is 3.21. The van der Waals surface area contributed by atoms with E-state index in [4.69, 9.17) is 32.7 Å². The van der Waals surface area contributed by atoms with Crippen molar-refractivity contribution in [1.82, 2.24) is 0 Å². The first-order chi connectivity index (χ1) is 14.1. The van der Waals surface area contributed by atoms with Crippen molar-refractivity contribution in [1.29, 1.82) is 0 Å². The summed E-state index contributed by atoms with van der Waals surface area (Å²) in [5, 5.41) is 0. The molecular formula is C26H50Cl2O2. The van der Waals surface area contributed by atoms with Gasteiger partial charge in [-0.25, -0.2) is 0 Å². The monoisotopic (exact) mass is 464 g/mol. The zero-order valence-electron chi connectivity index (χ0n) is 20.9. The zero-order valence-corrected chi connectivity index (χ0v) is 22.5. The van der Waals surface area contributed by atoms with Crippen LogP contribution in [0.25, 0.3) is 0 Å². The molecule has 3 unspecified atom stereocenters. The summed E-state index contributed by atoms with van der Waals surface area (Å²) in [5.41, 5.74) is -0.0139. The summed E-state index contributed by atoms with van der Waals surface area (Å²) in [6, 6.07) is 0. The lowest BCUT2D eigenvalue weighted by atomic mass is 9.58. The van der Waals surface area contributed by atoms with Gasteiger partial charge in [-0.05, 0) is 74.5 Å². The van der Waals surface area contributed by atoms with Crippen LogP contribution in [-0.2, 0) is 9.47 Å². The second kappa shape index (κ2) is 13.9. The van der Waals surface area contributed by atoms with Gasteiger partial charge in [0, 0.05) is 18.6 Å². The van der Waals surface area contributed by atoms with Gasteiger partial charge in [0.25, 0.3) is 0 Å². The molecule has 2 nitrogen and oxygen atoms in total. The van der Waals surface area contributed by atoms with Gasteiger partial charge in [-0.3, -0.25) is 0 Å². The van der Waals surface area contributed by atoms with Gasteiger partial charge in [-0.2, -0.15) is 0 Å². The van der Waals surface area contributed by atoms with Crippen LogP contribution < -0.4 is 0 Å². The maximum absolute atomic E-state index is 6.81. The van der Waals surface area contributed by atoms with Crippen LogP contribution in [0, 0.1) is 35.0 Å². The second-order valence-electron chi connectivity index (χ2n) is 10.9. The number of hydrogen-bond acceptors (Lipinski definition) is 2. The van der Waals surface area contributed by atoms with Crippen LogP contribution >= 0.6 is 23.2 Å². The third-order valence-corrected chi connectivity index (χ3v) is 7.67. The van der Waals surface area contributed by atoms with E-state index in [9.17, 15) is 0 Å². The van der Waals surface area contributed by atoms with Crippen molar-refractivity contribution in [3.05, 3.63) is 0 Å². The van der Waals surface area contributed by atoms with E-state index >= 15 is 0 Å². The predicted octanol–water partition coefficient (Wildman–Crippen LogP) is 8.53. The van der Waals surface area contributed by atoms with Crippen molar-refractivity contribution in [3.8, 4) is 0 Å². The molecule has 0 heterocycles. The molecule has 3 atom stereocenters. The summed E-state index contributed by atoms with van der Waals surface area (Å²) in [6.45, 7) is 19.1. The maximum atomic E-state index is 6.81. The number of ether oxygens (including phenoxy) is 2. The Morgan fingerprint density at radius 3 is 1.93 bits per heavy atom. The molecule has 1 fully saturated rings. The number of hydrogen-bond donors (Lipinski definition) is 0. The standard InChI is InChI=1S/C26H50Cl2O2/c1-8-14-29-18-25(19-30-15-9-2,12-13-26(27,28)17-20(3)4)24-16-22(7)10-11-23(24)21(5)6/h20-24H,8-19H2,1-7H3. The predicted molar refractivity (Wildman–Crippen MR) is 133 cm³/mol. The minimum atomic E-state index is -0.678. The van der Waals surface area contributed by atoms with Gasteiger partial charge >= 0.3 is 0 Å². The Morgan fingerprint density at radius 1 is 0.900 bits per heavy atom. The van der Waals surface area contributed by atoms with Gasteiger partial charge < -0.3 is 9.47 Å². The van der Waals surface area contributed by atoms with Crippen LogP contribution in [0.5, 0.6) is 0 Å². The maximum Gasteiger partial charge on any atom is 0.118 e. The molecule has 0 aliphatic heterocycles. The quantitative estimate of drug-likeness (QED) is 0.178. The lowest BCUT2D eigenvalue weighted by Crippen LogP contribution is -2.47. The fourth-order valence-electron chi connectivity index (χ4n) is 5.46. The Hall–Kier alpha value is 0.500. The summed E-state index contributed by atoms with van der Waals surface area (Å²) < 4.78 is 11.9. The molecule has 1 aliphatic rings. The number of halogens is 2. The summed E-state index contributed by atoms with van der Waals surface area (Å²) in [4.78, 5) is 0. The molecule has 30 heavy (non-hydrogen) atoms. The highest BCUT2D eigenvalue weighted by Crippen LogP contribution is 2.51. The summed E-state index contributed by atoms with van der Waals surface area (Å²) in [7, 11) is 0. The van der Waals surface area contributed by atoms with Crippen molar-refractivity contribution < 1.29 is 9.47 Å². The van der Waals surface area contributed by atoms with Gasteiger partial charge in [0.05, 0.1) is 13.2 Å². The summed E-state index contributed by atoms with van der Waals surface area (Å²) in [5.74, 6) is 3.22. The van der Waals surface area contributed by atoms with Gasteiger partial charge in [-0.1, -0.05) is 54.9 Å². The van der Waals surface area contributed by atoms with E-state index in [-0.39, 0.29) is 5.41 Å². The van der Waals surface area contributed by atoms with Crippen LogP contribution in [0.4, 0.5) is 0 Å². The average molecular weight is 466 g/mol. The molecule has 180 valence electrons. The highest BCUT2D eigenvalue weighted by atomic mass is 35.5. The molecule has 0 radical (unpaired) electrons. The smallest absolute Gasteiger partial charge is 0.118 e. The molecule has 1 saturated carbocycles. The number of alkyl halides is 2. The third-order valence-electron chi connectivity index (χ3n) is 6.98. The van der Waals surface area contributed by atoms with Crippen molar-refractivity contribution in [3.63, 3.8) is 0 Å². The topological polar surface area (TPSA) is 18.5 Å². The molecule has 1 rings (SSSR count). The van der Waals surface area contributed by atoms with Gasteiger partial charge in [0.2, 0.25) is 0 Å². The van der Waals surface area contributed by atoms with Crippen molar-refractivity contribution in [2.75, 3.05) is 26.4 Å². The van der Waals surface area contributed by atoms with E-state index in [0.29, 0.717) is 23.7 Å². The molecule has 0 aromatic rings. The van der Waals surface area contributed by atoms with E-state index in [2.05, 4.69) is 48.5 Å². The molecule has 4 heteroatoms. The van der Waals surface area contributed by atoms with Crippen LogP contribution in [0.1, 0.15) is 99.8 Å². The molecule has 0 bridgehead atoms. The van der Waals surface area contributed by atoms with E-state index in [1.807, 2.05) is 0 Å². The van der Waals surface area contributed by atoms with Crippen LogP contribution in [0.3, 0.4) is 0 Å². The van der Waals surface area contributed by atoms with E-state index in [1.54, 1.807) is 0 Å². The minimum Gasteiger partial charge on any atom is -0.381 e. The van der Waals surface area contributed by atoms with Gasteiger partial charge in [0.15, 0.2) is 0 Å². The van der Waals surface area contributed by atoms with Crippen molar-refractivity contribution >= 4 is 23.2 Å². The second-order valence-corrected chi connectivity index (χ2v) is 12.5. The van der Waals surface area contributed by atoms with Gasteiger partial charge in [0.1, 0.15) is 4.33 Å². The first-order valence-corrected chi connectivity index (χ1v) is 13.4. The van der Waals surface area contributed by atoms with Crippen molar-refractivity contribution in [2.45, 2.75) is 104 Å². The molecule has 1 aliphatic carbocycles. The van der Waals surface area contributed by atoms with Crippen LogP contribution in [0.2, 0.25) is 0 Å². The van der Waals surface area contributed by atoms with Crippen molar-refractivity contribution in [2.24, 2.45) is 35.0 Å². The van der Waals surface area contributed by atoms with E-state index < -0.39 is 4.33 Å². The largest absolute Gasteiger partial charge is 0.381 e. The lowest BCUT2D eigenvalue weighted by Gasteiger charge is -2.50. The lowest BCUT2D eigenvalue weighted by molar-refractivity contribution is -0.0980. The molecule has 0 N–H and O–H groups in total. The fourth-order valence-corrected chi connectivity index (χ4v) is 6.27. The molecular weight excluding hydrogens is 415 g/mol. The average Bonchev–Trinajstić information content (AvgIpc) is 2.65. The summed E-state index contributed by atoms with van der Waals surface area (Å²) in [6.07, 6.45) is 8.60. The van der Waals surface area contributed by atoms with Gasteiger partial charge in [-0.15, -0.1) is 23.2 Å². The number of rotatable bonds is 15. The SMILES string of the molecule is CCCOCC(CCC(Cl)(Cl)CC(C)C)(COCCC)C1CC(C)CCC1C(C)C. The molecule has 0 aromatic heterocycles. The molecule has 0 saturated heterocycles. The summed E-state index contributed by atoms with van der Waals surface area (Å²) >= 11 is 13.6. The van der Waals surface area contributed by atoms with Crippen LogP contribution in [-0.4, -0.2) is 30.8 Å². The Bertz CT molecular complexity index is 440. The third kappa shape index (κ3) is 9.55. The Morgan fingerprint density at radius 2 is 1.47 bits per heavy atom. The normalized spacial score (nSPS) is 23.5. The minimum absolute atomic E-state index is 0.0139. The highest BCUT2D eigenvalue weighted by molar-refractivity contribution is 6.48. The highest BCUT2D eigenvalue weighted by Gasteiger charge is 2.47. The zero-order chi connectivity index (χ0) is 22.8. The fraction of sp³-hybridized carbons (Fsp3) is 1.00. The molecule has 0 aromatic carbocycles. The Kier molecular flexibility index (Phi) is 13.2. The first-order valence-electron chi connectivity index (χ1n) is 12.6. The van der Waals surface area contributed by atoms with E-state index in [0.717, 1.165) is 64.4 Å². The Labute approximate surface area is 198 Å². The molecule has 0 amide bonds. The van der Waals surface area contributed by atoms with E-state index in [1.165, 1.54) is 19.3 Å². The molecule has 0 spiro atoms.